The summed E-state index contributed by atoms with van der Waals surface area (Å²) in [4.78, 5) is 0. The predicted octanol–water partition coefficient (Wildman–Crippen LogP) is 3.42. The first kappa shape index (κ1) is 12.2. The van der Waals surface area contributed by atoms with Gasteiger partial charge in [0.25, 0.3) is 0 Å². The third kappa shape index (κ3) is 3.93. The van der Waals surface area contributed by atoms with E-state index in [2.05, 4.69) is 4.74 Å². The van der Waals surface area contributed by atoms with Crippen molar-refractivity contribution in [2.45, 2.75) is 31.7 Å². The molecule has 1 atom stereocenters. The van der Waals surface area contributed by atoms with E-state index in [1.165, 1.54) is 24.3 Å². The molecule has 1 unspecified atom stereocenters. The van der Waals surface area contributed by atoms with Crippen LogP contribution in [0.2, 0.25) is 0 Å². The molecule has 1 aliphatic rings. The molecule has 1 saturated carbocycles. The third-order valence-electron chi connectivity index (χ3n) is 2.75. The van der Waals surface area contributed by atoms with Gasteiger partial charge < -0.3 is 9.84 Å². The highest BCUT2D eigenvalue weighted by Crippen LogP contribution is 2.37. The van der Waals surface area contributed by atoms with Crippen LogP contribution in [0.3, 0.4) is 0 Å². The summed E-state index contributed by atoms with van der Waals surface area (Å²) in [5.74, 6) is 0.302. The van der Waals surface area contributed by atoms with Crippen LogP contribution >= 0.6 is 0 Å². The second kappa shape index (κ2) is 4.56. The Morgan fingerprint density at radius 2 is 1.82 bits per heavy atom. The highest BCUT2D eigenvalue weighted by molar-refractivity contribution is 5.28. The Balaban J connectivity index is 1.96. The highest BCUT2D eigenvalue weighted by Gasteiger charge is 2.31. The molecule has 0 amide bonds. The van der Waals surface area contributed by atoms with Crippen molar-refractivity contribution in [3.05, 3.63) is 29.8 Å². The van der Waals surface area contributed by atoms with Gasteiger partial charge in [0.1, 0.15) is 5.75 Å². The lowest BCUT2D eigenvalue weighted by Crippen LogP contribution is -2.17. The van der Waals surface area contributed by atoms with Gasteiger partial charge in [0, 0.05) is 0 Å². The number of aliphatic hydroxyl groups is 1. The molecule has 0 aromatic heterocycles. The first-order valence-corrected chi connectivity index (χ1v) is 5.48. The minimum atomic E-state index is -4.67. The molecule has 1 fully saturated rings. The van der Waals surface area contributed by atoms with E-state index in [0.29, 0.717) is 17.9 Å². The quantitative estimate of drug-likeness (QED) is 0.882. The second-order valence-corrected chi connectivity index (χ2v) is 4.31. The first-order chi connectivity index (χ1) is 7.94. The maximum absolute atomic E-state index is 11.9. The van der Waals surface area contributed by atoms with Gasteiger partial charge in [-0.05, 0) is 30.0 Å². The fourth-order valence-corrected chi connectivity index (χ4v) is 1.70. The number of benzene rings is 1. The predicted molar refractivity (Wildman–Crippen MR) is 55.4 cm³/mol. The van der Waals surface area contributed by atoms with E-state index in [1.54, 1.807) is 0 Å². The van der Waals surface area contributed by atoms with Crippen LogP contribution in [0.4, 0.5) is 13.2 Å². The summed E-state index contributed by atoms with van der Waals surface area (Å²) in [6, 6.07) is 5.38. The van der Waals surface area contributed by atoms with Crippen molar-refractivity contribution in [1.82, 2.24) is 0 Å². The molecular formula is C12H13F3O2. The fraction of sp³-hybridized carbons (Fsp3) is 0.500. The lowest BCUT2D eigenvalue weighted by atomic mass is 10.0. The molecule has 0 aliphatic heterocycles. The summed E-state index contributed by atoms with van der Waals surface area (Å²) in [7, 11) is 0. The van der Waals surface area contributed by atoms with E-state index < -0.39 is 12.5 Å². The molecule has 1 N–H and O–H groups in total. The number of rotatable bonds is 4. The molecule has 2 nitrogen and oxygen atoms in total. The fourth-order valence-electron chi connectivity index (χ4n) is 1.70. The Morgan fingerprint density at radius 3 is 2.29 bits per heavy atom. The standard InChI is InChI=1S/C12H13F3O2/c13-12(14,15)17-10-5-3-9(4-6-10)11(16)7-8-1-2-8/h3-6,8,11,16H,1-2,7H2. The molecule has 2 rings (SSSR count). The Morgan fingerprint density at radius 1 is 1.24 bits per heavy atom. The van der Waals surface area contributed by atoms with Gasteiger partial charge in [-0.25, -0.2) is 0 Å². The summed E-state index contributed by atoms with van der Waals surface area (Å²) in [5, 5.41) is 9.79. The van der Waals surface area contributed by atoms with Gasteiger partial charge in [0.15, 0.2) is 0 Å². The van der Waals surface area contributed by atoms with E-state index in [1.807, 2.05) is 0 Å². The van der Waals surface area contributed by atoms with Gasteiger partial charge in [-0.1, -0.05) is 25.0 Å². The van der Waals surface area contributed by atoms with E-state index in [-0.39, 0.29) is 5.75 Å². The molecule has 5 heteroatoms. The Bertz CT molecular complexity index is 368. The van der Waals surface area contributed by atoms with E-state index in [0.717, 1.165) is 12.8 Å². The van der Waals surface area contributed by atoms with Gasteiger partial charge in [-0.3, -0.25) is 0 Å². The van der Waals surface area contributed by atoms with Crippen LogP contribution in [0.5, 0.6) is 5.75 Å². The smallest absolute Gasteiger partial charge is 0.406 e. The summed E-state index contributed by atoms with van der Waals surface area (Å²) in [5.41, 5.74) is 0.631. The molecule has 1 aromatic rings. The number of ether oxygens (including phenoxy) is 1. The topological polar surface area (TPSA) is 29.5 Å². The van der Waals surface area contributed by atoms with Crippen molar-refractivity contribution in [1.29, 1.82) is 0 Å². The lowest BCUT2D eigenvalue weighted by Gasteiger charge is -2.12. The SMILES string of the molecule is OC(CC1CC1)c1ccc(OC(F)(F)F)cc1. The van der Waals surface area contributed by atoms with Crippen LogP contribution in [-0.4, -0.2) is 11.5 Å². The van der Waals surface area contributed by atoms with E-state index in [4.69, 9.17) is 0 Å². The van der Waals surface area contributed by atoms with Crippen molar-refractivity contribution < 1.29 is 23.0 Å². The maximum Gasteiger partial charge on any atom is 0.573 e. The van der Waals surface area contributed by atoms with Crippen molar-refractivity contribution in [2.24, 2.45) is 5.92 Å². The molecule has 1 aliphatic carbocycles. The number of alkyl halides is 3. The molecule has 0 bridgehead atoms. The first-order valence-electron chi connectivity index (χ1n) is 5.48. The van der Waals surface area contributed by atoms with Crippen molar-refractivity contribution >= 4 is 0 Å². The molecular weight excluding hydrogens is 233 g/mol. The summed E-state index contributed by atoms with van der Waals surface area (Å²) in [6.07, 6.45) is -2.32. The van der Waals surface area contributed by atoms with Gasteiger partial charge in [-0.2, -0.15) is 0 Å². The van der Waals surface area contributed by atoms with Crippen LogP contribution in [0, 0.1) is 5.92 Å². The number of halogens is 3. The zero-order chi connectivity index (χ0) is 12.5. The highest BCUT2D eigenvalue weighted by atomic mass is 19.4. The zero-order valence-electron chi connectivity index (χ0n) is 9.07. The molecule has 94 valence electrons. The molecule has 17 heavy (non-hydrogen) atoms. The minimum absolute atomic E-state index is 0.264. The summed E-state index contributed by atoms with van der Waals surface area (Å²) in [6.45, 7) is 0. The van der Waals surface area contributed by atoms with Crippen LogP contribution in [0.15, 0.2) is 24.3 Å². The average molecular weight is 246 g/mol. The Labute approximate surface area is 97.0 Å². The van der Waals surface area contributed by atoms with E-state index in [9.17, 15) is 18.3 Å². The van der Waals surface area contributed by atoms with Gasteiger partial charge in [0.2, 0.25) is 0 Å². The van der Waals surface area contributed by atoms with Crippen LogP contribution in [0.25, 0.3) is 0 Å². The Hall–Kier alpha value is -1.23. The van der Waals surface area contributed by atoms with Crippen molar-refractivity contribution in [3.8, 4) is 5.75 Å². The van der Waals surface area contributed by atoms with Crippen LogP contribution in [-0.2, 0) is 0 Å². The largest absolute Gasteiger partial charge is 0.573 e. The molecule has 0 heterocycles. The van der Waals surface area contributed by atoms with Gasteiger partial charge in [-0.15, -0.1) is 13.2 Å². The zero-order valence-corrected chi connectivity index (χ0v) is 9.07. The molecule has 1 aromatic carbocycles. The monoisotopic (exact) mass is 246 g/mol. The van der Waals surface area contributed by atoms with Crippen LogP contribution < -0.4 is 4.74 Å². The number of hydrogen-bond acceptors (Lipinski definition) is 2. The average Bonchev–Trinajstić information content (AvgIpc) is 3.00. The van der Waals surface area contributed by atoms with Gasteiger partial charge in [0.05, 0.1) is 6.10 Å². The normalized spacial score (nSPS) is 17.9. The third-order valence-corrected chi connectivity index (χ3v) is 2.75. The Kier molecular flexibility index (Phi) is 3.28. The molecule has 0 radical (unpaired) electrons. The number of hydrogen-bond donors (Lipinski definition) is 1. The van der Waals surface area contributed by atoms with Gasteiger partial charge >= 0.3 is 6.36 Å². The van der Waals surface area contributed by atoms with Crippen molar-refractivity contribution in [2.75, 3.05) is 0 Å². The number of aliphatic hydroxyl groups excluding tert-OH is 1. The van der Waals surface area contributed by atoms with Crippen LogP contribution in [0.1, 0.15) is 30.9 Å². The van der Waals surface area contributed by atoms with E-state index >= 15 is 0 Å². The second-order valence-electron chi connectivity index (χ2n) is 4.31. The molecule has 0 spiro atoms. The lowest BCUT2D eigenvalue weighted by molar-refractivity contribution is -0.274. The molecule has 0 saturated heterocycles. The maximum atomic E-state index is 11.9. The van der Waals surface area contributed by atoms with Crippen molar-refractivity contribution in [3.63, 3.8) is 0 Å². The minimum Gasteiger partial charge on any atom is -0.406 e. The summed E-state index contributed by atoms with van der Waals surface area (Å²) < 4.78 is 39.5. The summed E-state index contributed by atoms with van der Waals surface area (Å²) >= 11 is 0.